The molecule has 5 heteroatoms. The second kappa shape index (κ2) is 6.52. The van der Waals surface area contributed by atoms with Crippen LogP contribution in [0.25, 0.3) is 11.5 Å². The van der Waals surface area contributed by atoms with E-state index in [1.165, 1.54) is 0 Å². The standard InChI is InChI=1S/C15H21N3O2/c1-10(2)16-9-14-17-15(20-18-14)12-6-5-7-13(8-12)19-11(3)4/h5-8,10-11,16H,9H2,1-4H3. The van der Waals surface area contributed by atoms with Crippen LogP contribution >= 0.6 is 0 Å². The minimum atomic E-state index is 0.138. The van der Waals surface area contributed by atoms with Gasteiger partial charge >= 0.3 is 0 Å². The molecular weight excluding hydrogens is 254 g/mol. The van der Waals surface area contributed by atoms with Gasteiger partial charge in [-0.2, -0.15) is 4.98 Å². The summed E-state index contributed by atoms with van der Waals surface area (Å²) in [6.07, 6.45) is 0.138. The van der Waals surface area contributed by atoms with E-state index in [0.717, 1.165) is 11.3 Å². The maximum Gasteiger partial charge on any atom is 0.258 e. The van der Waals surface area contributed by atoms with Crippen LogP contribution in [0.4, 0.5) is 0 Å². The minimum absolute atomic E-state index is 0.138. The number of benzene rings is 1. The summed E-state index contributed by atoms with van der Waals surface area (Å²) in [6.45, 7) is 8.74. The van der Waals surface area contributed by atoms with E-state index < -0.39 is 0 Å². The summed E-state index contributed by atoms with van der Waals surface area (Å²) in [5.74, 6) is 1.97. The van der Waals surface area contributed by atoms with Crippen LogP contribution in [0.1, 0.15) is 33.5 Å². The Kier molecular flexibility index (Phi) is 4.74. The topological polar surface area (TPSA) is 60.2 Å². The van der Waals surface area contributed by atoms with Crippen molar-refractivity contribution in [3.63, 3.8) is 0 Å². The number of hydrogen-bond donors (Lipinski definition) is 1. The molecule has 0 fully saturated rings. The Hall–Kier alpha value is -1.88. The van der Waals surface area contributed by atoms with E-state index in [4.69, 9.17) is 9.26 Å². The highest BCUT2D eigenvalue weighted by atomic mass is 16.5. The van der Waals surface area contributed by atoms with Crippen molar-refractivity contribution in [3.05, 3.63) is 30.1 Å². The molecule has 0 unspecified atom stereocenters. The van der Waals surface area contributed by atoms with Gasteiger partial charge in [-0.15, -0.1) is 0 Å². The van der Waals surface area contributed by atoms with Crippen LogP contribution < -0.4 is 10.1 Å². The average molecular weight is 275 g/mol. The molecule has 1 N–H and O–H groups in total. The summed E-state index contributed by atoms with van der Waals surface area (Å²) in [5, 5.41) is 7.22. The lowest BCUT2D eigenvalue weighted by molar-refractivity contribution is 0.242. The highest BCUT2D eigenvalue weighted by Crippen LogP contribution is 2.23. The van der Waals surface area contributed by atoms with Gasteiger partial charge in [-0.3, -0.25) is 0 Å². The predicted molar refractivity (Wildman–Crippen MR) is 77.5 cm³/mol. The molecule has 5 nitrogen and oxygen atoms in total. The van der Waals surface area contributed by atoms with Crippen LogP contribution in [0.3, 0.4) is 0 Å². The molecule has 0 aliphatic rings. The maximum absolute atomic E-state index is 5.66. The van der Waals surface area contributed by atoms with E-state index in [2.05, 4.69) is 29.3 Å². The fourth-order valence-corrected chi connectivity index (χ4v) is 1.71. The van der Waals surface area contributed by atoms with Crippen molar-refractivity contribution in [1.29, 1.82) is 0 Å². The molecular formula is C15H21N3O2. The van der Waals surface area contributed by atoms with Gasteiger partial charge < -0.3 is 14.6 Å². The molecule has 0 radical (unpaired) electrons. The van der Waals surface area contributed by atoms with E-state index in [1.54, 1.807) is 0 Å². The molecule has 20 heavy (non-hydrogen) atoms. The Morgan fingerprint density at radius 3 is 2.75 bits per heavy atom. The molecule has 0 spiro atoms. The number of aromatic nitrogens is 2. The predicted octanol–water partition coefficient (Wildman–Crippen LogP) is 3.02. The van der Waals surface area contributed by atoms with Crippen molar-refractivity contribution in [2.75, 3.05) is 0 Å². The number of ether oxygens (including phenoxy) is 1. The van der Waals surface area contributed by atoms with Gasteiger partial charge in [0.05, 0.1) is 12.6 Å². The molecule has 0 bridgehead atoms. The summed E-state index contributed by atoms with van der Waals surface area (Å²) < 4.78 is 10.9. The second-order valence-electron chi connectivity index (χ2n) is 5.25. The Morgan fingerprint density at radius 2 is 2.05 bits per heavy atom. The maximum atomic E-state index is 5.66. The third-order valence-electron chi connectivity index (χ3n) is 2.59. The van der Waals surface area contributed by atoms with E-state index >= 15 is 0 Å². The quantitative estimate of drug-likeness (QED) is 0.878. The highest BCUT2D eigenvalue weighted by molar-refractivity contribution is 5.55. The van der Waals surface area contributed by atoms with Crippen LogP contribution in [0.2, 0.25) is 0 Å². The van der Waals surface area contributed by atoms with Crippen LogP contribution in [-0.4, -0.2) is 22.3 Å². The van der Waals surface area contributed by atoms with Crippen molar-refractivity contribution in [1.82, 2.24) is 15.5 Å². The van der Waals surface area contributed by atoms with Crippen LogP contribution in [-0.2, 0) is 6.54 Å². The van der Waals surface area contributed by atoms with Crippen molar-refractivity contribution in [3.8, 4) is 17.2 Å². The zero-order chi connectivity index (χ0) is 14.5. The zero-order valence-electron chi connectivity index (χ0n) is 12.4. The smallest absolute Gasteiger partial charge is 0.258 e. The zero-order valence-corrected chi connectivity index (χ0v) is 12.4. The Morgan fingerprint density at radius 1 is 1.25 bits per heavy atom. The van der Waals surface area contributed by atoms with Crippen molar-refractivity contribution < 1.29 is 9.26 Å². The highest BCUT2D eigenvalue weighted by Gasteiger charge is 2.10. The van der Waals surface area contributed by atoms with E-state index in [0.29, 0.717) is 24.3 Å². The average Bonchev–Trinajstić information content (AvgIpc) is 2.84. The van der Waals surface area contributed by atoms with Gasteiger partial charge in [-0.1, -0.05) is 25.1 Å². The largest absolute Gasteiger partial charge is 0.491 e. The summed E-state index contributed by atoms with van der Waals surface area (Å²) >= 11 is 0. The SMILES string of the molecule is CC(C)NCc1noc(-c2cccc(OC(C)C)c2)n1. The number of rotatable bonds is 6. The lowest BCUT2D eigenvalue weighted by atomic mass is 10.2. The summed E-state index contributed by atoms with van der Waals surface area (Å²) in [6, 6.07) is 8.07. The molecule has 0 amide bonds. The Labute approximate surface area is 119 Å². The number of hydrogen-bond acceptors (Lipinski definition) is 5. The molecule has 1 heterocycles. The molecule has 1 aromatic heterocycles. The molecule has 0 saturated heterocycles. The summed E-state index contributed by atoms with van der Waals surface area (Å²) in [5.41, 5.74) is 0.867. The minimum Gasteiger partial charge on any atom is -0.491 e. The van der Waals surface area contributed by atoms with Gasteiger partial charge in [0, 0.05) is 11.6 Å². The van der Waals surface area contributed by atoms with E-state index in [1.807, 2.05) is 38.1 Å². The first-order chi connectivity index (χ1) is 9.54. The van der Waals surface area contributed by atoms with Crippen LogP contribution in [0.15, 0.2) is 28.8 Å². The van der Waals surface area contributed by atoms with Crippen molar-refractivity contribution in [2.45, 2.75) is 46.4 Å². The van der Waals surface area contributed by atoms with Crippen molar-refractivity contribution in [2.24, 2.45) is 0 Å². The lowest BCUT2D eigenvalue weighted by Crippen LogP contribution is -2.22. The van der Waals surface area contributed by atoms with Gasteiger partial charge in [0.15, 0.2) is 5.82 Å². The normalized spacial score (nSPS) is 11.3. The molecule has 108 valence electrons. The summed E-state index contributed by atoms with van der Waals surface area (Å²) in [4.78, 5) is 4.38. The third kappa shape index (κ3) is 4.06. The number of nitrogens with zero attached hydrogens (tertiary/aromatic N) is 2. The number of nitrogens with one attached hydrogen (secondary N) is 1. The molecule has 0 aliphatic heterocycles. The first kappa shape index (κ1) is 14.5. The van der Waals surface area contributed by atoms with Gasteiger partial charge in [-0.25, -0.2) is 0 Å². The van der Waals surface area contributed by atoms with Crippen LogP contribution in [0.5, 0.6) is 5.75 Å². The molecule has 0 atom stereocenters. The Balaban J connectivity index is 2.11. The van der Waals surface area contributed by atoms with E-state index in [9.17, 15) is 0 Å². The van der Waals surface area contributed by atoms with E-state index in [-0.39, 0.29) is 6.10 Å². The van der Waals surface area contributed by atoms with Gasteiger partial charge in [-0.05, 0) is 32.0 Å². The first-order valence-corrected chi connectivity index (χ1v) is 6.87. The van der Waals surface area contributed by atoms with Gasteiger partial charge in [0.25, 0.3) is 5.89 Å². The fourth-order valence-electron chi connectivity index (χ4n) is 1.71. The van der Waals surface area contributed by atoms with Gasteiger partial charge in [0.1, 0.15) is 5.75 Å². The third-order valence-corrected chi connectivity index (χ3v) is 2.59. The fraction of sp³-hybridized carbons (Fsp3) is 0.467. The van der Waals surface area contributed by atoms with Crippen LogP contribution in [0, 0.1) is 0 Å². The van der Waals surface area contributed by atoms with Crippen molar-refractivity contribution >= 4 is 0 Å². The molecule has 2 rings (SSSR count). The Bertz CT molecular complexity index is 550. The second-order valence-corrected chi connectivity index (χ2v) is 5.25. The van der Waals surface area contributed by atoms with Gasteiger partial charge in [0.2, 0.25) is 0 Å². The first-order valence-electron chi connectivity index (χ1n) is 6.87. The molecule has 0 aliphatic carbocycles. The molecule has 1 aromatic carbocycles. The lowest BCUT2D eigenvalue weighted by Gasteiger charge is -2.09. The monoisotopic (exact) mass is 275 g/mol. The molecule has 0 saturated carbocycles. The summed E-state index contributed by atoms with van der Waals surface area (Å²) in [7, 11) is 0. The molecule has 2 aromatic rings.